The number of anilines is 1. The number of benzene rings is 1. The minimum absolute atomic E-state index is 0.105. The lowest BCUT2D eigenvalue weighted by Crippen LogP contribution is -2.44. The van der Waals surface area contributed by atoms with E-state index in [4.69, 9.17) is 24.3 Å². The first-order valence-corrected chi connectivity index (χ1v) is 15.1. The van der Waals surface area contributed by atoms with E-state index in [1.807, 2.05) is 22.6 Å². The fraction of sp³-hybridized carbons (Fsp3) is 0.375. The molecule has 0 saturated carbocycles. The number of hydrogen-bond donors (Lipinski definition) is 5. The maximum atomic E-state index is 13.8. The molecular weight excluding hydrogens is 688 g/mol. The summed E-state index contributed by atoms with van der Waals surface area (Å²) in [5.41, 5.74) is 5.00. The van der Waals surface area contributed by atoms with E-state index >= 15 is 0 Å². The van der Waals surface area contributed by atoms with E-state index in [0.717, 1.165) is 0 Å². The second-order valence-electron chi connectivity index (χ2n) is 9.64. The second-order valence-corrected chi connectivity index (χ2v) is 12.3. The zero-order chi connectivity index (χ0) is 30.4. The van der Waals surface area contributed by atoms with Crippen LogP contribution in [0.15, 0.2) is 36.5 Å². The van der Waals surface area contributed by atoms with E-state index in [0.29, 0.717) is 14.7 Å². The van der Waals surface area contributed by atoms with Gasteiger partial charge in [0.05, 0.1) is 19.2 Å². The first kappa shape index (κ1) is 30.3. The van der Waals surface area contributed by atoms with Crippen LogP contribution in [0.2, 0.25) is 0 Å². The van der Waals surface area contributed by atoms with Crippen LogP contribution < -0.4 is 20.1 Å². The average molecular weight is 715 g/mol. The number of carbonyl (C=O) groups is 1. The number of methoxy groups -OCH3 is 1. The number of nitrogens with zero attached hydrogens (tertiary/aromatic N) is 5. The van der Waals surface area contributed by atoms with Gasteiger partial charge < -0.3 is 35.1 Å². The molecule has 0 aliphatic carbocycles. The molecule has 2 unspecified atom stereocenters. The summed E-state index contributed by atoms with van der Waals surface area (Å²) < 4.78 is 38.1. The summed E-state index contributed by atoms with van der Waals surface area (Å²) in [4.78, 5) is 28.4. The van der Waals surface area contributed by atoms with Crippen molar-refractivity contribution in [2.24, 2.45) is 0 Å². The molecule has 5 rings (SSSR count). The third-order valence-electron chi connectivity index (χ3n) is 6.60. The van der Waals surface area contributed by atoms with Crippen molar-refractivity contribution in [3.05, 3.63) is 40.4 Å². The molecule has 6 atom stereocenters. The van der Waals surface area contributed by atoms with E-state index in [1.54, 1.807) is 30.5 Å². The number of halogens is 1. The standard InChI is InChI=1S/C24H27IN7O9P/c1-11(20(34)35)31-42(37,41-13-6-7-14-12(9-13)5-4-8-27-14)39-10-15-17(33)24(2,36)21(40-15)32-18-16(28-22(32)25)19(38-3)30-23(26)29-18/h4-9,11,15,17,21,33,36H,10H2,1-3H3,(H,31,37)(H,34,35)(H2,26,29,30)/t11?,15-,17-,21-,24-,42?/m1/s1. The van der Waals surface area contributed by atoms with Gasteiger partial charge in [-0.05, 0) is 38.1 Å². The molecule has 1 aliphatic rings. The van der Waals surface area contributed by atoms with Gasteiger partial charge in [-0.3, -0.25) is 18.9 Å². The van der Waals surface area contributed by atoms with E-state index < -0.39 is 50.4 Å². The second kappa shape index (κ2) is 11.5. The average Bonchev–Trinajstić information content (AvgIpc) is 3.37. The maximum absolute atomic E-state index is 13.8. The Morgan fingerprint density at radius 3 is 2.81 bits per heavy atom. The molecule has 4 heterocycles. The molecule has 1 saturated heterocycles. The number of pyridine rings is 1. The third kappa shape index (κ3) is 5.72. The highest BCUT2D eigenvalue weighted by Crippen LogP contribution is 2.48. The fourth-order valence-electron chi connectivity index (χ4n) is 4.44. The molecule has 18 heteroatoms. The quantitative estimate of drug-likeness (QED) is 0.0897. The first-order valence-electron chi connectivity index (χ1n) is 12.4. The number of nitrogens with two attached hydrogens (primary N) is 1. The Bertz CT molecular complexity index is 1700. The number of imidazole rings is 1. The highest BCUT2D eigenvalue weighted by atomic mass is 127. The molecular formula is C24H27IN7O9P. The van der Waals surface area contributed by atoms with Crippen molar-refractivity contribution in [3.63, 3.8) is 0 Å². The van der Waals surface area contributed by atoms with Gasteiger partial charge in [0.15, 0.2) is 21.2 Å². The van der Waals surface area contributed by atoms with Gasteiger partial charge in [0.25, 0.3) is 0 Å². The number of rotatable bonds is 10. The fourth-order valence-corrected chi connectivity index (χ4v) is 6.67. The van der Waals surface area contributed by atoms with E-state index in [1.165, 1.54) is 31.6 Å². The number of aromatic nitrogens is 5. The van der Waals surface area contributed by atoms with Crippen molar-refractivity contribution < 1.29 is 43.2 Å². The highest BCUT2D eigenvalue weighted by Gasteiger charge is 2.55. The molecule has 0 radical (unpaired) electrons. The third-order valence-corrected chi connectivity index (χ3v) is 9.00. The summed E-state index contributed by atoms with van der Waals surface area (Å²) >= 11 is 1.90. The lowest BCUT2D eigenvalue weighted by Gasteiger charge is -2.28. The summed E-state index contributed by atoms with van der Waals surface area (Å²) in [6.45, 7) is 2.04. The van der Waals surface area contributed by atoms with Crippen LogP contribution in [0.5, 0.6) is 11.6 Å². The van der Waals surface area contributed by atoms with Crippen LogP contribution in [0.3, 0.4) is 0 Å². The monoisotopic (exact) mass is 715 g/mol. The molecule has 0 spiro atoms. The molecule has 1 fully saturated rings. The molecule has 1 aromatic carbocycles. The molecule has 16 nitrogen and oxygen atoms in total. The van der Waals surface area contributed by atoms with Crippen LogP contribution in [0.4, 0.5) is 5.95 Å². The SMILES string of the molecule is COc1nc(N)nc2c1nc(I)n2[C@@H]1O[C@H](COP(=O)(NC(C)C(=O)O)Oc2ccc3ncccc3c2)[C@@H](O)[C@@]1(C)O. The first-order chi connectivity index (χ1) is 19.8. The lowest BCUT2D eigenvalue weighted by atomic mass is 9.96. The van der Waals surface area contributed by atoms with Crippen molar-refractivity contribution >= 4 is 64.3 Å². The van der Waals surface area contributed by atoms with Crippen molar-refractivity contribution in [1.82, 2.24) is 29.6 Å². The Morgan fingerprint density at radius 1 is 1.33 bits per heavy atom. The minimum Gasteiger partial charge on any atom is -0.480 e. The van der Waals surface area contributed by atoms with Crippen LogP contribution >= 0.6 is 30.3 Å². The Morgan fingerprint density at radius 2 is 2.10 bits per heavy atom. The zero-order valence-corrected chi connectivity index (χ0v) is 25.5. The number of ether oxygens (including phenoxy) is 2. The minimum atomic E-state index is -4.39. The Kier molecular flexibility index (Phi) is 8.27. The summed E-state index contributed by atoms with van der Waals surface area (Å²) in [5, 5.41) is 34.9. The van der Waals surface area contributed by atoms with Crippen LogP contribution in [0, 0.1) is 3.83 Å². The molecule has 4 aromatic rings. The van der Waals surface area contributed by atoms with Crippen LogP contribution in [-0.2, 0) is 18.6 Å². The lowest BCUT2D eigenvalue weighted by molar-refractivity contribution is -0.138. The molecule has 3 aromatic heterocycles. The number of aliphatic carboxylic acids is 1. The normalized spacial score (nSPS) is 24.5. The highest BCUT2D eigenvalue weighted by molar-refractivity contribution is 14.1. The summed E-state index contributed by atoms with van der Waals surface area (Å²) in [6, 6.07) is 6.88. The predicted molar refractivity (Wildman–Crippen MR) is 156 cm³/mol. The van der Waals surface area contributed by atoms with Crippen LogP contribution in [0.1, 0.15) is 20.1 Å². The van der Waals surface area contributed by atoms with Gasteiger partial charge in [0, 0.05) is 34.2 Å². The number of hydrogen-bond acceptors (Lipinski definition) is 13. The van der Waals surface area contributed by atoms with Crippen molar-refractivity contribution in [3.8, 4) is 11.6 Å². The summed E-state index contributed by atoms with van der Waals surface area (Å²) in [5.74, 6) is -1.19. The van der Waals surface area contributed by atoms with Gasteiger partial charge in [0.2, 0.25) is 11.8 Å². The summed E-state index contributed by atoms with van der Waals surface area (Å²) in [7, 11) is -3.00. The molecule has 42 heavy (non-hydrogen) atoms. The molecule has 1 aliphatic heterocycles. The number of carboxylic acids is 1. The number of aliphatic hydroxyl groups is 2. The molecule has 224 valence electrons. The maximum Gasteiger partial charge on any atom is 0.459 e. The largest absolute Gasteiger partial charge is 0.480 e. The molecule has 0 amide bonds. The van der Waals surface area contributed by atoms with Gasteiger partial charge in [-0.2, -0.15) is 15.1 Å². The van der Waals surface area contributed by atoms with E-state index in [-0.39, 0.29) is 28.7 Å². The van der Waals surface area contributed by atoms with Crippen LogP contribution in [-0.4, -0.2) is 83.4 Å². The Labute approximate surface area is 251 Å². The Balaban J connectivity index is 1.42. The summed E-state index contributed by atoms with van der Waals surface area (Å²) in [6.07, 6.45) is -2.45. The van der Waals surface area contributed by atoms with Gasteiger partial charge in [0.1, 0.15) is 29.6 Å². The number of aliphatic hydroxyl groups excluding tert-OH is 1. The van der Waals surface area contributed by atoms with Gasteiger partial charge >= 0.3 is 13.7 Å². The topological polar surface area (TPSA) is 226 Å². The van der Waals surface area contributed by atoms with E-state index in [2.05, 4.69) is 25.0 Å². The smallest absolute Gasteiger partial charge is 0.459 e. The van der Waals surface area contributed by atoms with Gasteiger partial charge in [-0.15, -0.1) is 0 Å². The van der Waals surface area contributed by atoms with Crippen molar-refractivity contribution in [1.29, 1.82) is 0 Å². The van der Waals surface area contributed by atoms with E-state index in [9.17, 15) is 24.7 Å². The van der Waals surface area contributed by atoms with Gasteiger partial charge in [-0.1, -0.05) is 6.07 Å². The molecule has 6 N–H and O–H groups in total. The number of nitrogen functional groups attached to an aromatic ring is 1. The number of carboxylic acid groups (broad SMARTS) is 1. The van der Waals surface area contributed by atoms with Gasteiger partial charge in [-0.25, -0.2) is 9.55 Å². The Hall–Kier alpha value is -3.19. The predicted octanol–water partition coefficient (Wildman–Crippen LogP) is 1.85. The van der Waals surface area contributed by atoms with Crippen molar-refractivity contribution in [2.75, 3.05) is 19.5 Å². The van der Waals surface area contributed by atoms with Crippen molar-refractivity contribution in [2.45, 2.75) is 43.9 Å². The zero-order valence-electron chi connectivity index (χ0n) is 22.4. The molecule has 0 bridgehead atoms. The number of fused-ring (bicyclic) bond motifs is 2. The number of nitrogens with one attached hydrogen (secondary N) is 1. The van der Waals surface area contributed by atoms with Crippen LogP contribution in [0.25, 0.3) is 22.1 Å².